The smallest absolute Gasteiger partial charge is 0.326 e. The van der Waals surface area contributed by atoms with Gasteiger partial charge in [0, 0.05) is 4.88 Å². The maximum atomic E-state index is 11.9. The van der Waals surface area contributed by atoms with Gasteiger partial charge in [0.25, 0.3) is 0 Å². The molecule has 21 heavy (non-hydrogen) atoms. The van der Waals surface area contributed by atoms with Gasteiger partial charge in [-0.25, -0.2) is 14.6 Å². The van der Waals surface area contributed by atoms with Crippen LogP contribution in [0.2, 0.25) is 0 Å². The van der Waals surface area contributed by atoms with Gasteiger partial charge < -0.3 is 10.4 Å². The molecule has 0 spiro atoms. The Morgan fingerprint density at radius 3 is 2.67 bits per heavy atom. The molecule has 1 atom stereocenters. The zero-order chi connectivity index (χ0) is 15.4. The van der Waals surface area contributed by atoms with Gasteiger partial charge in [0.15, 0.2) is 5.13 Å². The predicted octanol–water partition coefficient (Wildman–Crippen LogP) is 2.64. The molecule has 6 nitrogen and oxygen atoms in total. The minimum absolute atomic E-state index is 0.193. The molecule has 0 aromatic carbocycles. The van der Waals surface area contributed by atoms with E-state index in [1.807, 2.05) is 13.8 Å². The van der Waals surface area contributed by atoms with Gasteiger partial charge in [-0.05, 0) is 38.0 Å². The van der Waals surface area contributed by atoms with E-state index in [2.05, 4.69) is 15.6 Å². The number of nitrogens with zero attached hydrogens (tertiary/aromatic N) is 1. The second kappa shape index (κ2) is 6.89. The number of carbonyl (C=O) groups is 2. The largest absolute Gasteiger partial charge is 0.480 e. The number of carboxylic acids is 1. The number of anilines is 1. The molecule has 2 rings (SSSR count). The number of amides is 2. The summed E-state index contributed by atoms with van der Waals surface area (Å²) in [5, 5.41) is 14.8. The van der Waals surface area contributed by atoms with Gasteiger partial charge >= 0.3 is 12.0 Å². The summed E-state index contributed by atoms with van der Waals surface area (Å²) in [6, 6.07) is -1.38. The average Bonchev–Trinajstić information content (AvgIpc) is 2.79. The Kier molecular flexibility index (Phi) is 5.17. The number of carboxylic acid groups (broad SMARTS) is 1. The molecule has 0 saturated carbocycles. The molecule has 1 aromatic rings. The zero-order valence-corrected chi connectivity index (χ0v) is 13.1. The fourth-order valence-electron chi connectivity index (χ4n) is 2.39. The van der Waals surface area contributed by atoms with Gasteiger partial charge in [0.2, 0.25) is 0 Å². The maximum Gasteiger partial charge on any atom is 0.326 e. The van der Waals surface area contributed by atoms with E-state index < -0.39 is 18.0 Å². The van der Waals surface area contributed by atoms with Crippen LogP contribution in [0, 0.1) is 5.92 Å². The molecule has 7 heteroatoms. The SMILES string of the molecule is CC(C)CC(NC(=O)Nc1nc2c(s1)CCCC2)C(=O)O. The molecule has 116 valence electrons. The zero-order valence-electron chi connectivity index (χ0n) is 12.3. The topological polar surface area (TPSA) is 91.3 Å². The average molecular weight is 311 g/mol. The molecule has 1 unspecified atom stereocenters. The van der Waals surface area contributed by atoms with Crippen LogP contribution in [0.1, 0.15) is 43.7 Å². The Labute approximate surface area is 128 Å². The highest BCUT2D eigenvalue weighted by atomic mass is 32.1. The van der Waals surface area contributed by atoms with Gasteiger partial charge in [0.1, 0.15) is 6.04 Å². The third-order valence-electron chi connectivity index (χ3n) is 3.38. The number of urea groups is 1. The number of nitrogens with one attached hydrogen (secondary N) is 2. The Hall–Kier alpha value is -1.63. The molecule has 0 radical (unpaired) electrons. The molecule has 2 amide bonds. The third kappa shape index (κ3) is 4.42. The molecule has 1 aliphatic rings. The Balaban J connectivity index is 1.94. The summed E-state index contributed by atoms with van der Waals surface area (Å²) >= 11 is 1.48. The number of fused-ring (bicyclic) bond motifs is 1. The van der Waals surface area contributed by atoms with Crippen LogP contribution in [0.15, 0.2) is 0 Å². The van der Waals surface area contributed by atoms with Crippen molar-refractivity contribution in [2.45, 2.75) is 52.0 Å². The molecular weight excluding hydrogens is 290 g/mol. The second-order valence-electron chi connectivity index (χ2n) is 5.71. The van der Waals surface area contributed by atoms with E-state index in [1.165, 1.54) is 16.2 Å². The first kappa shape index (κ1) is 15.8. The van der Waals surface area contributed by atoms with Crippen LogP contribution >= 0.6 is 11.3 Å². The quantitative estimate of drug-likeness (QED) is 0.779. The van der Waals surface area contributed by atoms with E-state index in [0.29, 0.717) is 11.6 Å². The lowest BCUT2D eigenvalue weighted by Gasteiger charge is -2.16. The summed E-state index contributed by atoms with van der Waals surface area (Å²) in [4.78, 5) is 28.7. The molecule has 0 bridgehead atoms. The van der Waals surface area contributed by atoms with Crippen molar-refractivity contribution >= 4 is 28.5 Å². The molecule has 3 N–H and O–H groups in total. The lowest BCUT2D eigenvalue weighted by Crippen LogP contribution is -2.43. The van der Waals surface area contributed by atoms with E-state index in [9.17, 15) is 9.59 Å². The normalized spacial score (nSPS) is 15.4. The number of hydrogen-bond acceptors (Lipinski definition) is 4. The molecule has 1 aromatic heterocycles. The van der Waals surface area contributed by atoms with E-state index in [1.54, 1.807) is 0 Å². The van der Waals surface area contributed by atoms with Crippen molar-refractivity contribution in [2.24, 2.45) is 5.92 Å². The highest BCUT2D eigenvalue weighted by molar-refractivity contribution is 7.15. The van der Waals surface area contributed by atoms with Gasteiger partial charge in [-0.2, -0.15) is 0 Å². The first-order chi connectivity index (χ1) is 9.95. The van der Waals surface area contributed by atoms with Crippen molar-refractivity contribution in [1.82, 2.24) is 10.3 Å². The van der Waals surface area contributed by atoms with Crippen molar-refractivity contribution in [3.05, 3.63) is 10.6 Å². The molecule has 0 saturated heterocycles. The molecule has 0 aliphatic heterocycles. The van der Waals surface area contributed by atoms with Crippen LogP contribution in [0.5, 0.6) is 0 Å². The van der Waals surface area contributed by atoms with Crippen LogP contribution in [-0.4, -0.2) is 28.1 Å². The Bertz CT molecular complexity index is 504. The summed E-state index contributed by atoms with van der Waals surface area (Å²) < 4.78 is 0. The summed E-state index contributed by atoms with van der Waals surface area (Å²) in [7, 11) is 0. The number of hydrogen-bond donors (Lipinski definition) is 3. The number of carbonyl (C=O) groups excluding carboxylic acids is 1. The summed E-state index contributed by atoms with van der Waals surface area (Å²) in [5.74, 6) is -0.823. The first-order valence-electron chi connectivity index (χ1n) is 7.24. The Morgan fingerprint density at radius 1 is 1.33 bits per heavy atom. The monoisotopic (exact) mass is 311 g/mol. The molecule has 1 heterocycles. The lowest BCUT2D eigenvalue weighted by molar-refractivity contribution is -0.139. The van der Waals surface area contributed by atoms with Gasteiger partial charge in [-0.3, -0.25) is 5.32 Å². The van der Waals surface area contributed by atoms with Crippen molar-refractivity contribution in [3.63, 3.8) is 0 Å². The number of aliphatic carboxylic acids is 1. The summed E-state index contributed by atoms with van der Waals surface area (Å²) in [5.41, 5.74) is 1.07. The molecule has 1 aliphatic carbocycles. The Morgan fingerprint density at radius 2 is 2.05 bits per heavy atom. The maximum absolute atomic E-state index is 11.9. The fraction of sp³-hybridized carbons (Fsp3) is 0.643. The van der Waals surface area contributed by atoms with Crippen LogP contribution in [-0.2, 0) is 17.6 Å². The molecular formula is C14H21N3O3S. The number of aromatic nitrogens is 1. The standard InChI is InChI=1S/C14H21N3O3S/c1-8(2)7-10(12(18)19)15-13(20)17-14-16-9-5-3-4-6-11(9)21-14/h8,10H,3-7H2,1-2H3,(H,18,19)(H2,15,16,17,20). The fourth-order valence-corrected chi connectivity index (χ4v) is 3.43. The van der Waals surface area contributed by atoms with E-state index in [-0.39, 0.29) is 5.92 Å². The number of rotatable bonds is 5. The highest BCUT2D eigenvalue weighted by Crippen LogP contribution is 2.29. The first-order valence-corrected chi connectivity index (χ1v) is 8.06. The van der Waals surface area contributed by atoms with Gasteiger partial charge in [-0.15, -0.1) is 11.3 Å². The third-order valence-corrected chi connectivity index (χ3v) is 4.45. The van der Waals surface area contributed by atoms with Crippen molar-refractivity contribution in [3.8, 4) is 0 Å². The second-order valence-corrected chi connectivity index (χ2v) is 6.80. The minimum Gasteiger partial charge on any atom is -0.480 e. The van der Waals surface area contributed by atoms with Crippen molar-refractivity contribution in [2.75, 3.05) is 5.32 Å². The highest BCUT2D eigenvalue weighted by Gasteiger charge is 2.22. The minimum atomic E-state index is -1.02. The van der Waals surface area contributed by atoms with Gasteiger partial charge in [-0.1, -0.05) is 13.8 Å². The summed E-state index contributed by atoms with van der Waals surface area (Å²) in [6.07, 6.45) is 4.67. The van der Waals surface area contributed by atoms with Crippen molar-refractivity contribution < 1.29 is 14.7 Å². The van der Waals surface area contributed by atoms with E-state index >= 15 is 0 Å². The number of aryl methyl sites for hydroxylation is 2. The van der Waals surface area contributed by atoms with Crippen molar-refractivity contribution in [1.29, 1.82) is 0 Å². The summed E-state index contributed by atoms with van der Waals surface area (Å²) in [6.45, 7) is 3.84. The van der Waals surface area contributed by atoms with Crippen LogP contribution in [0.25, 0.3) is 0 Å². The predicted molar refractivity (Wildman–Crippen MR) is 81.8 cm³/mol. The van der Waals surface area contributed by atoms with E-state index in [0.717, 1.165) is 31.4 Å². The van der Waals surface area contributed by atoms with E-state index in [4.69, 9.17) is 5.11 Å². The lowest BCUT2D eigenvalue weighted by atomic mass is 10.0. The molecule has 0 fully saturated rings. The number of thiazole rings is 1. The van der Waals surface area contributed by atoms with Crippen LogP contribution in [0.4, 0.5) is 9.93 Å². The van der Waals surface area contributed by atoms with Crippen LogP contribution in [0.3, 0.4) is 0 Å². The van der Waals surface area contributed by atoms with Gasteiger partial charge in [0.05, 0.1) is 5.69 Å². The van der Waals surface area contributed by atoms with Crippen LogP contribution < -0.4 is 10.6 Å².